The molecule has 2 nitrogen and oxygen atoms in total. The van der Waals surface area contributed by atoms with Gasteiger partial charge in [0.25, 0.3) is 0 Å². The van der Waals surface area contributed by atoms with E-state index in [9.17, 15) is 4.79 Å². The zero-order valence-corrected chi connectivity index (χ0v) is 12.1. The van der Waals surface area contributed by atoms with Crippen LogP contribution in [0.4, 0.5) is 0 Å². The number of carbonyl (C=O) groups excluding carboxylic acids is 1. The Morgan fingerprint density at radius 3 is 2.53 bits per heavy atom. The van der Waals surface area contributed by atoms with Gasteiger partial charge in [-0.25, -0.2) is 0 Å². The number of Topliss-reactive ketones (excluding diaryl/α,β-unsaturated/α-hetero) is 1. The number of halogens is 2. The summed E-state index contributed by atoms with van der Waals surface area (Å²) in [5.74, 6) is 0.214. The molecule has 3 rings (SSSR count). The number of carbonyl (C=O) groups is 1. The van der Waals surface area contributed by atoms with Gasteiger partial charge in [-0.2, -0.15) is 0 Å². The van der Waals surface area contributed by atoms with Crippen LogP contribution in [-0.2, 0) is 6.42 Å². The molecule has 98 valence electrons. The maximum atomic E-state index is 12.0. The lowest BCUT2D eigenvalue weighted by Crippen LogP contribution is -2.13. The summed E-state index contributed by atoms with van der Waals surface area (Å²) in [5, 5.41) is 1.21. The van der Waals surface area contributed by atoms with E-state index in [1.807, 2.05) is 35.8 Å². The standard InChI is InChI=1S/C15H13Cl2NO/c1-9-8-10-13(6-3-7-14(10)19)18(9)15-11(16)4-2-5-12(15)17/h2,4-5,8H,3,6-7H2,1H3. The van der Waals surface area contributed by atoms with E-state index in [1.54, 1.807) is 0 Å². The molecule has 0 atom stereocenters. The highest BCUT2D eigenvalue weighted by Crippen LogP contribution is 2.34. The molecule has 0 radical (unpaired) electrons. The van der Waals surface area contributed by atoms with Gasteiger partial charge in [-0.15, -0.1) is 0 Å². The number of para-hydroxylation sites is 1. The third kappa shape index (κ3) is 1.99. The summed E-state index contributed by atoms with van der Waals surface area (Å²) in [6.45, 7) is 1.98. The van der Waals surface area contributed by atoms with Crippen LogP contribution in [0.15, 0.2) is 24.3 Å². The second-order valence-electron chi connectivity index (χ2n) is 4.83. The molecule has 2 aromatic rings. The number of aromatic nitrogens is 1. The van der Waals surface area contributed by atoms with E-state index in [1.165, 1.54) is 0 Å². The molecule has 1 aromatic carbocycles. The maximum Gasteiger partial charge on any atom is 0.164 e. The Morgan fingerprint density at radius 2 is 1.84 bits per heavy atom. The van der Waals surface area contributed by atoms with Crippen molar-refractivity contribution >= 4 is 29.0 Å². The molecule has 0 amide bonds. The van der Waals surface area contributed by atoms with Gasteiger partial charge in [0.2, 0.25) is 0 Å². The molecule has 0 bridgehead atoms. The van der Waals surface area contributed by atoms with Gasteiger partial charge in [-0.1, -0.05) is 29.3 Å². The smallest absolute Gasteiger partial charge is 0.164 e. The lowest BCUT2D eigenvalue weighted by atomic mass is 9.96. The predicted octanol–water partition coefficient (Wildman–Crippen LogP) is 4.61. The Bertz CT molecular complexity index is 653. The molecule has 0 aliphatic heterocycles. The van der Waals surface area contributed by atoms with Crippen molar-refractivity contribution in [3.05, 3.63) is 51.3 Å². The van der Waals surface area contributed by atoms with Crippen molar-refractivity contribution in [3.8, 4) is 5.69 Å². The lowest BCUT2D eigenvalue weighted by molar-refractivity contribution is 0.0972. The molecule has 1 aliphatic carbocycles. The van der Waals surface area contributed by atoms with E-state index < -0.39 is 0 Å². The second kappa shape index (κ2) is 4.69. The van der Waals surface area contributed by atoms with Gasteiger partial charge in [0.05, 0.1) is 15.7 Å². The van der Waals surface area contributed by atoms with Gasteiger partial charge in [-0.3, -0.25) is 4.79 Å². The van der Waals surface area contributed by atoms with Gasteiger partial charge >= 0.3 is 0 Å². The molecule has 4 heteroatoms. The van der Waals surface area contributed by atoms with Crippen LogP contribution >= 0.6 is 23.2 Å². The van der Waals surface area contributed by atoms with Gasteiger partial charge in [-0.05, 0) is 38.0 Å². The van der Waals surface area contributed by atoms with Crippen LogP contribution < -0.4 is 0 Å². The van der Waals surface area contributed by atoms with Gasteiger partial charge in [0.1, 0.15) is 0 Å². The van der Waals surface area contributed by atoms with Crippen molar-refractivity contribution in [1.29, 1.82) is 0 Å². The molecule has 1 heterocycles. The minimum atomic E-state index is 0.214. The number of hydrogen-bond acceptors (Lipinski definition) is 1. The highest BCUT2D eigenvalue weighted by Gasteiger charge is 2.24. The van der Waals surface area contributed by atoms with E-state index in [0.29, 0.717) is 16.5 Å². The summed E-state index contributed by atoms with van der Waals surface area (Å²) in [6.07, 6.45) is 2.40. The average Bonchev–Trinajstić information content (AvgIpc) is 2.68. The fourth-order valence-electron chi connectivity index (χ4n) is 2.74. The Balaban J connectivity index is 2.29. The molecular formula is C15H13Cl2NO. The van der Waals surface area contributed by atoms with Crippen LogP contribution in [0.5, 0.6) is 0 Å². The molecule has 0 unspecified atom stereocenters. The first kappa shape index (κ1) is 12.8. The van der Waals surface area contributed by atoms with Crippen LogP contribution in [0.2, 0.25) is 10.0 Å². The number of benzene rings is 1. The largest absolute Gasteiger partial charge is 0.315 e. The summed E-state index contributed by atoms with van der Waals surface area (Å²) in [7, 11) is 0. The number of ketones is 1. The Kier molecular flexibility index (Phi) is 3.15. The van der Waals surface area contributed by atoms with Crippen molar-refractivity contribution in [2.75, 3.05) is 0 Å². The molecule has 0 saturated heterocycles. The van der Waals surface area contributed by atoms with Crippen LogP contribution in [0.25, 0.3) is 5.69 Å². The Morgan fingerprint density at radius 1 is 1.16 bits per heavy atom. The highest BCUT2D eigenvalue weighted by atomic mass is 35.5. The first-order valence-electron chi connectivity index (χ1n) is 6.28. The van der Waals surface area contributed by atoms with Crippen molar-refractivity contribution in [2.24, 2.45) is 0 Å². The Labute approximate surface area is 121 Å². The summed E-state index contributed by atoms with van der Waals surface area (Å²) in [5.41, 5.74) is 3.62. The lowest BCUT2D eigenvalue weighted by Gasteiger charge is -2.18. The third-order valence-electron chi connectivity index (χ3n) is 3.57. The number of fused-ring (bicyclic) bond motifs is 1. The van der Waals surface area contributed by atoms with E-state index in [0.717, 1.165) is 35.5 Å². The molecule has 0 fully saturated rings. The van der Waals surface area contributed by atoms with Crippen molar-refractivity contribution in [2.45, 2.75) is 26.2 Å². The second-order valence-corrected chi connectivity index (χ2v) is 5.64. The molecule has 1 aliphatic rings. The molecule has 19 heavy (non-hydrogen) atoms. The monoisotopic (exact) mass is 293 g/mol. The van der Waals surface area contributed by atoms with E-state index in [4.69, 9.17) is 23.2 Å². The molecular weight excluding hydrogens is 281 g/mol. The highest BCUT2D eigenvalue weighted by molar-refractivity contribution is 6.37. The van der Waals surface area contributed by atoms with Crippen molar-refractivity contribution in [3.63, 3.8) is 0 Å². The van der Waals surface area contributed by atoms with Crippen LogP contribution in [-0.4, -0.2) is 10.4 Å². The SMILES string of the molecule is Cc1cc2c(n1-c1c(Cl)cccc1Cl)CCCC2=O. The average molecular weight is 294 g/mol. The molecule has 0 spiro atoms. The van der Waals surface area contributed by atoms with Crippen LogP contribution in [0.1, 0.15) is 34.6 Å². The van der Waals surface area contributed by atoms with Gasteiger partial charge in [0, 0.05) is 23.4 Å². The summed E-state index contributed by atoms with van der Waals surface area (Å²) in [6, 6.07) is 7.40. The Hall–Kier alpha value is -1.25. The molecule has 0 N–H and O–H groups in total. The van der Waals surface area contributed by atoms with Crippen LogP contribution in [0, 0.1) is 6.92 Å². The zero-order valence-electron chi connectivity index (χ0n) is 10.5. The number of nitrogens with zero attached hydrogens (tertiary/aromatic N) is 1. The molecule has 0 saturated carbocycles. The minimum absolute atomic E-state index is 0.214. The molecule has 1 aromatic heterocycles. The first-order valence-corrected chi connectivity index (χ1v) is 7.04. The van der Waals surface area contributed by atoms with Crippen LogP contribution in [0.3, 0.4) is 0 Å². The number of rotatable bonds is 1. The number of hydrogen-bond donors (Lipinski definition) is 0. The summed E-state index contributed by atoms with van der Waals surface area (Å²) in [4.78, 5) is 12.0. The fourth-order valence-corrected chi connectivity index (χ4v) is 3.31. The zero-order chi connectivity index (χ0) is 13.6. The van der Waals surface area contributed by atoms with E-state index in [-0.39, 0.29) is 5.78 Å². The maximum absolute atomic E-state index is 12.0. The van der Waals surface area contributed by atoms with Crippen molar-refractivity contribution in [1.82, 2.24) is 4.57 Å². The summed E-state index contributed by atoms with van der Waals surface area (Å²) >= 11 is 12.6. The van der Waals surface area contributed by atoms with E-state index >= 15 is 0 Å². The fraction of sp³-hybridized carbons (Fsp3) is 0.267. The predicted molar refractivity (Wildman–Crippen MR) is 77.8 cm³/mol. The van der Waals surface area contributed by atoms with E-state index in [2.05, 4.69) is 0 Å². The first-order chi connectivity index (χ1) is 9.09. The number of aryl methyl sites for hydroxylation is 1. The third-order valence-corrected chi connectivity index (χ3v) is 4.18. The normalized spacial score (nSPS) is 14.6. The van der Waals surface area contributed by atoms with Gasteiger partial charge in [0.15, 0.2) is 5.78 Å². The van der Waals surface area contributed by atoms with Gasteiger partial charge < -0.3 is 4.57 Å². The topological polar surface area (TPSA) is 22.0 Å². The summed E-state index contributed by atoms with van der Waals surface area (Å²) < 4.78 is 2.02. The minimum Gasteiger partial charge on any atom is -0.315 e. The quantitative estimate of drug-likeness (QED) is 0.752. The van der Waals surface area contributed by atoms with Crippen molar-refractivity contribution < 1.29 is 4.79 Å².